The first-order valence-electron chi connectivity index (χ1n) is 8.49. The fourth-order valence-corrected chi connectivity index (χ4v) is 2.81. The summed E-state index contributed by atoms with van der Waals surface area (Å²) in [6, 6.07) is 2.68. The first-order valence-corrected chi connectivity index (χ1v) is 8.49. The van der Waals surface area contributed by atoms with Crippen molar-refractivity contribution in [2.45, 2.75) is 18.5 Å². The van der Waals surface area contributed by atoms with Crippen LogP contribution in [0.3, 0.4) is 0 Å². The van der Waals surface area contributed by atoms with Gasteiger partial charge in [0.15, 0.2) is 5.82 Å². The molecular weight excluding hydrogens is 415 g/mol. The molecule has 2 heterocycles. The van der Waals surface area contributed by atoms with E-state index in [1.165, 1.54) is 12.3 Å². The van der Waals surface area contributed by atoms with Gasteiger partial charge in [-0.1, -0.05) is 0 Å². The standard InChI is InChI=1S/C18H15F5N4O3/c1-30-16(29)17(20)8-26(9-17)14(28)2-3-27-10-24-15(25-27)12-4-11(7-19)5-13(6-12)18(21,22)23/h2-6,10H,7-9H2,1H3/b3-2-. The van der Waals surface area contributed by atoms with Crippen molar-refractivity contribution >= 4 is 18.1 Å². The van der Waals surface area contributed by atoms with Crippen molar-refractivity contribution in [3.8, 4) is 11.4 Å². The smallest absolute Gasteiger partial charge is 0.416 e. The van der Waals surface area contributed by atoms with Crippen LogP contribution in [0, 0.1) is 0 Å². The number of esters is 1. The quantitative estimate of drug-likeness (QED) is 0.414. The molecule has 1 fully saturated rings. The highest BCUT2D eigenvalue weighted by molar-refractivity contribution is 5.93. The lowest BCUT2D eigenvalue weighted by molar-refractivity contribution is -0.170. The molecular formula is C18H15F5N4O3. The second-order valence-corrected chi connectivity index (χ2v) is 6.57. The first-order chi connectivity index (χ1) is 14.1. The summed E-state index contributed by atoms with van der Waals surface area (Å²) in [6.07, 6.45) is -1.33. The van der Waals surface area contributed by atoms with Gasteiger partial charge in [0.2, 0.25) is 11.6 Å². The molecule has 1 aromatic heterocycles. The summed E-state index contributed by atoms with van der Waals surface area (Å²) in [5.74, 6) is -1.78. The average molecular weight is 430 g/mol. The molecule has 0 radical (unpaired) electrons. The molecule has 12 heteroatoms. The molecule has 0 spiro atoms. The number of ether oxygens (including phenoxy) is 1. The highest BCUT2D eigenvalue weighted by Crippen LogP contribution is 2.33. The normalized spacial score (nSPS) is 15.9. The van der Waals surface area contributed by atoms with Crippen LogP contribution in [0.4, 0.5) is 22.0 Å². The van der Waals surface area contributed by atoms with Crippen LogP contribution in [-0.4, -0.2) is 57.4 Å². The van der Waals surface area contributed by atoms with Crippen molar-refractivity contribution in [2.24, 2.45) is 0 Å². The molecule has 1 saturated heterocycles. The third kappa shape index (κ3) is 4.31. The summed E-state index contributed by atoms with van der Waals surface area (Å²) in [7, 11) is 1.04. The van der Waals surface area contributed by atoms with Gasteiger partial charge < -0.3 is 9.64 Å². The minimum absolute atomic E-state index is 0.0426. The molecule has 0 saturated carbocycles. The van der Waals surface area contributed by atoms with Gasteiger partial charge >= 0.3 is 12.1 Å². The van der Waals surface area contributed by atoms with Gasteiger partial charge in [-0.3, -0.25) is 4.79 Å². The van der Waals surface area contributed by atoms with Gasteiger partial charge in [-0.15, -0.1) is 5.10 Å². The number of hydrogen-bond donors (Lipinski definition) is 0. The van der Waals surface area contributed by atoms with Crippen molar-refractivity contribution in [2.75, 3.05) is 20.2 Å². The number of amides is 1. The lowest BCUT2D eigenvalue weighted by Gasteiger charge is -2.41. The van der Waals surface area contributed by atoms with Crippen molar-refractivity contribution in [1.82, 2.24) is 19.7 Å². The second-order valence-electron chi connectivity index (χ2n) is 6.57. The maximum Gasteiger partial charge on any atom is 0.416 e. The van der Waals surface area contributed by atoms with Gasteiger partial charge in [-0.25, -0.2) is 23.2 Å². The SMILES string of the molecule is COC(=O)C1(F)CN(C(=O)/C=C\n2cnc(-c3cc(CF)cc(C(F)(F)F)c3)n2)C1. The zero-order chi connectivity index (χ0) is 22.1. The largest absolute Gasteiger partial charge is 0.467 e. The summed E-state index contributed by atoms with van der Waals surface area (Å²) in [5, 5.41) is 3.93. The van der Waals surface area contributed by atoms with E-state index in [9.17, 15) is 31.5 Å². The van der Waals surface area contributed by atoms with Crippen LogP contribution in [0.2, 0.25) is 0 Å². The molecule has 1 aliphatic heterocycles. The Bertz CT molecular complexity index is 996. The fourth-order valence-electron chi connectivity index (χ4n) is 2.81. The number of benzene rings is 1. The highest BCUT2D eigenvalue weighted by Gasteiger charge is 2.52. The fraction of sp³-hybridized carbons (Fsp3) is 0.333. The number of nitrogens with zero attached hydrogens (tertiary/aromatic N) is 4. The van der Waals surface area contributed by atoms with Gasteiger partial charge in [0.25, 0.3) is 0 Å². The van der Waals surface area contributed by atoms with E-state index in [4.69, 9.17) is 0 Å². The monoisotopic (exact) mass is 430 g/mol. The molecule has 1 aliphatic rings. The van der Waals surface area contributed by atoms with E-state index >= 15 is 0 Å². The molecule has 3 rings (SSSR count). The van der Waals surface area contributed by atoms with E-state index < -0.39 is 49.0 Å². The average Bonchev–Trinajstić information content (AvgIpc) is 3.17. The number of halogens is 5. The number of rotatable bonds is 5. The molecule has 0 unspecified atom stereocenters. The van der Waals surface area contributed by atoms with Gasteiger partial charge in [0.1, 0.15) is 13.0 Å². The third-order valence-corrected chi connectivity index (χ3v) is 4.36. The minimum Gasteiger partial charge on any atom is -0.467 e. The summed E-state index contributed by atoms with van der Waals surface area (Å²) in [6.45, 7) is -2.01. The van der Waals surface area contributed by atoms with E-state index in [2.05, 4.69) is 14.8 Å². The molecule has 0 aliphatic carbocycles. The molecule has 1 amide bonds. The molecule has 0 atom stereocenters. The van der Waals surface area contributed by atoms with E-state index in [-0.39, 0.29) is 17.0 Å². The number of hydrogen-bond acceptors (Lipinski definition) is 5. The van der Waals surface area contributed by atoms with E-state index in [0.717, 1.165) is 35.2 Å². The molecule has 0 bridgehead atoms. The van der Waals surface area contributed by atoms with Crippen LogP contribution in [0.5, 0.6) is 0 Å². The zero-order valence-corrected chi connectivity index (χ0v) is 15.5. The van der Waals surface area contributed by atoms with Crippen molar-refractivity contribution in [1.29, 1.82) is 0 Å². The van der Waals surface area contributed by atoms with Crippen LogP contribution in [0.15, 0.2) is 30.6 Å². The Hall–Kier alpha value is -3.31. The van der Waals surface area contributed by atoms with E-state index in [1.807, 2.05) is 0 Å². The molecule has 160 valence electrons. The third-order valence-electron chi connectivity index (χ3n) is 4.36. The Balaban J connectivity index is 1.72. The number of methoxy groups -OCH3 is 1. The Kier molecular flexibility index (Phi) is 5.59. The number of carbonyl (C=O) groups excluding carboxylic acids is 2. The Morgan fingerprint density at radius 2 is 1.97 bits per heavy atom. The predicted octanol–water partition coefficient (Wildman–Crippen LogP) is 2.63. The van der Waals surface area contributed by atoms with Crippen LogP contribution < -0.4 is 0 Å². The van der Waals surface area contributed by atoms with Gasteiger partial charge in [-0.05, 0) is 23.8 Å². The minimum atomic E-state index is -4.66. The van der Waals surface area contributed by atoms with Gasteiger partial charge in [0, 0.05) is 17.8 Å². The molecule has 7 nitrogen and oxygen atoms in total. The van der Waals surface area contributed by atoms with Gasteiger partial charge in [0.05, 0.1) is 25.8 Å². The number of alkyl halides is 5. The molecule has 1 aromatic carbocycles. The van der Waals surface area contributed by atoms with E-state index in [0.29, 0.717) is 6.07 Å². The lowest BCUT2D eigenvalue weighted by atomic mass is 9.96. The maximum absolute atomic E-state index is 14.0. The predicted molar refractivity (Wildman–Crippen MR) is 93.0 cm³/mol. The number of carbonyl (C=O) groups is 2. The zero-order valence-electron chi connectivity index (χ0n) is 15.5. The summed E-state index contributed by atoms with van der Waals surface area (Å²) in [5.41, 5.74) is -3.50. The molecule has 30 heavy (non-hydrogen) atoms. The van der Waals surface area contributed by atoms with E-state index in [1.54, 1.807) is 0 Å². The Labute approximate surface area is 166 Å². The Morgan fingerprint density at radius 1 is 1.27 bits per heavy atom. The summed E-state index contributed by atoms with van der Waals surface area (Å²) < 4.78 is 71.3. The molecule has 2 aromatic rings. The topological polar surface area (TPSA) is 77.3 Å². The molecule has 0 N–H and O–H groups in total. The first kappa shape index (κ1) is 21.4. The van der Waals surface area contributed by atoms with Crippen molar-refractivity contribution in [3.05, 3.63) is 41.7 Å². The van der Waals surface area contributed by atoms with Crippen molar-refractivity contribution in [3.63, 3.8) is 0 Å². The van der Waals surface area contributed by atoms with Gasteiger partial charge in [-0.2, -0.15) is 13.2 Å². The summed E-state index contributed by atoms with van der Waals surface area (Å²) in [4.78, 5) is 28.2. The lowest BCUT2D eigenvalue weighted by Crippen LogP contribution is -2.64. The van der Waals surface area contributed by atoms with Crippen LogP contribution >= 0.6 is 0 Å². The second kappa shape index (κ2) is 7.84. The highest BCUT2D eigenvalue weighted by atomic mass is 19.4. The van der Waals surface area contributed by atoms with Crippen LogP contribution in [0.1, 0.15) is 11.1 Å². The Morgan fingerprint density at radius 3 is 2.57 bits per heavy atom. The van der Waals surface area contributed by atoms with Crippen LogP contribution in [0.25, 0.3) is 17.6 Å². The number of likely N-dealkylation sites (tertiary alicyclic amines) is 1. The maximum atomic E-state index is 14.0. The number of aromatic nitrogens is 3. The van der Waals surface area contributed by atoms with Crippen molar-refractivity contribution < 1.29 is 36.3 Å². The summed E-state index contributed by atoms with van der Waals surface area (Å²) >= 11 is 0. The van der Waals surface area contributed by atoms with Crippen LogP contribution in [-0.2, 0) is 27.2 Å².